The van der Waals surface area contributed by atoms with E-state index in [9.17, 15) is 18.0 Å². The molecule has 27 heavy (non-hydrogen) atoms. The van der Waals surface area contributed by atoms with Crippen molar-refractivity contribution in [2.24, 2.45) is 0 Å². The van der Waals surface area contributed by atoms with Crippen molar-refractivity contribution in [2.75, 3.05) is 0 Å². The standard InChI is InChI=1S/C17H14F3N3O4/c1-8-13(9(2)26-22-8)16(24)25-10(3)15-21-14(23-27-15)11-5-4-6-12(7-11)17(18,19)20/h4-7,10H,1-3H3. The molecule has 10 heteroatoms. The maximum absolute atomic E-state index is 12.8. The Morgan fingerprint density at radius 3 is 2.56 bits per heavy atom. The highest BCUT2D eigenvalue weighted by molar-refractivity contribution is 5.91. The van der Waals surface area contributed by atoms with Crippen LogP contribution in [0, 0.1) is 13.8 Å². The minimum Gasteiger partial charge on any atom is -0.449 e. The Morgan fingerprint density at radius 2 is 1.93 bits per heavy atom. The molecular weight excluding hydrogens is 367 g/mol. The van der Waals surface area contributed by atoms with Gasteiger partial charge in [0.05, 0.1) is 11.3 Å². The summed E-state index contributed by atoms with van der Waals surface area (Å²) in [6.07, 6.45) is -5.40. The van der Waals surface area contributed by atoms with E-state index in [0.717, 1.165) is 12.1 Å². The number of hydrogen-bond donors (Lipinski definition) is 0. The number of benzene rings is 1. The molecule has 1 aromatic carbocycles. The molecule has 0 aliphatic carbocycles. The van der Waals surface area contributed by atoms with Gasteiger partial charge in [0.15, 0.2) is 6.10 Å². The second kappa shape index (κ2) is 6.86. The Bertz CT molecular complexity index is 958. The summed E-state index contributed by atoms with van der Waals surface area (Å²) >= 11 is 0. The van der Waals surface area contributed by atoms with Gasteiger partial charge in [-0.1, -0.05) is 22.4 Å². The van der Waals surface area contributed by atoms with Gasteiger partial charge in [0.1, 0.15) is 11.3 Å². The monoisotopic (exact) mass is 381 g/mol. The van der Waals surface area contributed by atoms with Crippen molar-refractivity contribution >= 4 is 5.97 Å². The first-order valence-electron chi connectivity index (χ1n) is 7.82. The maximum atomic E-state index is 12.8. The smallest absolute Gasteiger partial charge is 0.416 e. The lowest BCUT2D eigenvalue weighted by atomic mass is 10.1. The number of hydrogen-bond acceptors (Lipinski definition) is 7. The van der Waals surface area contributed by atoms with Gasteiger partial charge in [-0.3, -0.25) is 0 Å². The van der Waals surface area contributed by atoms with Crippen LogP contribution in [0.3, 0.4) is 0 Å². The van der Waals surface area contributed by atoms with Crippen molar-refractivity contribution in [3.63, 3.8) is 0 Å². The van der Waals surface area contributed by atoms with Crippen LogP contribution in [0.1, 0.15) is 46.3 Å². The third-order valence-electron chi connectivity index (χ3n) is 3.76. The second-order valence-electron chi connectivity index (χ2n) is 5.78. The third-order valence-corrected chi connectivity index (χ3v) is 3.76. The van der Waals surface area contributed by atoms with Crippen molar-refractivity contribution < 1.29 is 31.7 Å². The van der Waals surface area contributed by atoms with E-state index in [1.807, 2.05) is 0 Å². The van der Waals surface area contributed by atoms with E-state index < -0.39 is 23.8 Å². The molecule has 0 amide bonds. The summed E-state index contributed by atoms with van der Waals surface area (Å²) in [6, 6.07) is 4.52. The summed E-state index contributed by atoms with van der Waals surface area (Å²) < 4.78 is 53.7. The van der Waals surface area contributed by atoms with Crippen molar-refractivity contribution in [3.8, 4) is 11.4 Å². The molecule has 0 bridgehead atoms. The zero-order valence-electron chi connectivity index (χ0n) is 14.5. The van der Waals surface area contributed by atoms with E-state index in [1.165, 1.54) is 19.1 Å². The largest absolute Gasteiger partial charge is 0.449 e. The lowest BCUT2D eigenvalue weighted by Gasteiger charge is -2.08. The zero-order valence-corrected chi connectivity index (χ0v) is 14.5. The van der Waals surface area contributed by atoms with Gasteiger partial charge in [-0.15, -0.1) is 0 Å². The van der Waals surface area contributed by atoms with Crippen LogP contribution < -0.4 is 0 Å². The lowest BCUT2D eigenvalue weighted by Crippen LogP contribution is -2.11. The topological polar surface area (TPSA) is 91.2 Å². The highest BCUT2D eigenvalue weighted by atomic mass is 19.4. The van der Waals surface area contributed by atoms with E-state index in [-0.39, 0.29) is 22.8 Å². The normalized spacial score (nSPS) is 12.8. The molecule has 2 heterocycles. The van der Waals surface area contributed by atoms with Gasteiger partial charge in [-0.05, 0) is 32.9 Å². The van der Waals surface area contributed by atoms with Crippen LogP contribution in [0.2, 0.25) is 0 Å². The number of nitrogens with zero attached hydrogens (tertiary/aromatic N) is 3. The number of carbonyl (C=O) groups excluding carboxylic acids is 1. The van der Waals surface area contributed by atoms with Crippen molar-refractivity contribution in [2.45, 2.75) is 33.1 Å². The highest BCUT2D eigenvalue weighted by Crippen LogP contribution is 2.32. The number of aromatic nitrogens is 3. The van der Waals surface area contributed by atoms with Crippen molar-refractivity contribution in [1.82, 2.24) is 15.3 Å². The minimum atomic E-state index is -4.49. The molecule has 0 saturated carbocycles. The molecule has 142 valence electrons. The first-order valence-corrected chi connectivity index (χ1v) is 7.82. The number of halogens is 3. The summed E-state index contributed by atoms with van der Waals surface area (Å²) in [4.78, 5) is 16.2. The van der Waals surface area contributed by atoms with E-state index >= 15 is 0 Å². The predicted molar refractivity (Wildman–Crippen MR) is 84.5 cm³/mol. The summed E-state index contributed by atoms with van der Waals surface area (Å²) in [5.41, 5.74) is -0.132. The molecule has 3 aromatic rings. The molecule has 0 aliphatic heterocycles. The van der Waals surface area contributed by atoms with Crippen LogP contribution in [0.15, 0.2) is 33.3 Å². The molecule has 1 unspecified atom stereocenters. The zero-order chi connectivity index (χ0) is 19.8. The second-order valence-corrected chi connectivity index (χ2v) is 5.78. The maximum Gasteiger partial charge on any atom is 0.416 e. The lowest BCUT2D eigenvalue weighted by molar-refractivity contribution is -0.137. The Hall–Kier alpha value is -3.17. The predicted octanol–water partition coefficient (Wildman–Crippen LogP) is 4.28. The fraction of sp³-hybridized carbons (Fsp3) is 0.294. The van der Waals surface area contributed by atoms with Gasteiger partial charge in [0, 0.05) is 5.56 Å². The first kappa shape index (κ1) is 18.6. The SMILES string of the molecule is Cc1noc(C)c1C(=O)OC(C)c1nc(-c2cccc(C(F)(F)F)c2)no1. The van der Waals surface area contributed by atoms with Gasteiger partial charge in [-0.25, -0.2) is 4.79 Å². The van der Waals surface area contributed by atoms with E-state index in [1.54, 1.807) is 13.8 Å². The summed E-state index contributed by atoms with van der Waals surface area (Å²) in [7, 11) is 0. The summed E-state index contributed by atoms with van der Waals surface area (Å²) in [6.45, 7) is 4.66. The van der Waals surface area contributed by atoms with Crippen LogP contribution in [0.25, 0.3) is 11.4 Å². The molecule has 0 spiro atoms. The molecule has 2 aromatic heterocycles. The average molecular weight is 381 g/mol. The quantitative estimate of drug-likeness (QED) is 0.623. The van der Waals surface area contributed by atoms with Gasteiger partial charge in [0.25, 0.3) is 5.89 Å². The average Bonchev–Trinajstić information content (AvgIpc) is 3.21. The molecule has 1 atom stereocenters. The Balaban J connectivity index is 1.79. The highest BCUT2D eigenvalue weighted by Gasteiger charge is 2.31. The fourth-order valence-electron chi connectivity index (χ4n) is 2.40. The molecule has 0 N–H and O–H groups in total. The van der Waals surface area contributed by atoms with E-state index in [2.05, 4.69) is 15.3 Å². The number of alkyl halides is 3. The number of esters is 1. The van der Waals surface area contributed by atoms with E-state index in [0.29, 0.717) is 11.5 Å². The van der Waals surface area contributed by atoms with Crippen LogP contribution in [0.4, 0.5) is 13.2 Å². The Kier molecular flexibility index (Phi) is 4.73. The van der Waals surface area contributed by atoms with Gasteiger partial charge in [0.2, 0.25) is 5.82 Å². The van der Waals surface area contributed by atoms with Gasteiger partial charge in [-0.2, -0.15) is 18.2 Å². The molecule has 0 aliphatic rings. The van der Waals surface area contributed by atoms with Gasteiger partial charge < -0.3 is 13.8 Å². The Labute approximate surface area is 151 Å². The molecule has 0 fully saturated rings. The van der Waals surface area contributed by atoms with Crippen LogP contribution in [-0.4, -0.2) is 21.3 Å². The van der Waals surface area contributed by atoms with Gasteiger partial charge >= 0.3 is 12.1 Å². The number of ether oxygens (including phenoxy) is 1. The molecular formula is C17H14F3N3O4. The fourth-order valence-corrected chi connectivity index (χ4v) is 2.40. The summed E-state index contributed by atoms with van der Waals surface area (Å²) in [5.74, 6) is -0.476. The van der Waals surface area contributed by atoms with Crippen LogP contribution in [-0.2, 0) is 10.9 Å². The van der Waals surface area contributed by atoms with Crippen molar-refractivity contribution in [1.29, 1.82) is 0 Å². The molecule has 7 nitrogen and oxygen atoms in total. The summed E-state index contributed by atoms with van der Waals surface area (Å²) in [5, 5.41) is 7.33. The molecule has 3 rings (SSSR count). The first-order chi connectivity index (χ1) is 12.7. The molecule has 0 saturated heterocycles. The Morgan fingerprint density at radius 1 is 1.19 bits per heavy atom. The van der Waals surface area contributed by atoms with Crippen LogP contribution >= 0.6 is 0 Å². The number of rotatable bonds is 4. The van der Waals surface area contributed by atoms with Crippen LogP contribution in [0.5, 0.6) is 0 Å². The third kappa shape index (κ3) is 3.83. The number of carbonyl (C=O) groups is 1. The molecule has 0 radical (unpaired) electrons. The minimum absolute atomic E-state index is 0.0451. The van der Waals surface area contributed by atoms with Crippen molar-refractivity contribution in [3.05, 3.63) is 52.7 Å². The number of aryl methyl sites for hydroxylation is 2. The van der Waals surface area contributed by atoms with E-state index in [4.69, 9.17) is 13.8 Å².